The van der Waals surface area contributed by atoms with Gasteiger partial charge in [-0.3, -0.25) is 14.6 Å². The van der Waals surface area contributed by atoms with Crippen LogP contribution in [0.2, 0.25) is 0 Å². The molecule has 0 radical (unpaired) electrons. The highest BCUT2D eigenvalue weighted by Gasteiger charge is 2.28. The first-order valence-corrected chi connectivity index (χ1v) is 16.5. The van der Waals surface area contributed by atoms with Crippen molar-refractivity contribution in [2.24, 2.45) is 0 Å². The fourth-order valence-corrected chi connectivity index (χ4v) is 5.69. The molecule has 2 fully saturated rings. The van der Waals surface area contributed by atoms with Crippen molar-refractivity contribution in [3.05, 3.63) is 101 Å². The lowest BCUT2D eigenvalue weighted by molar-refractivity contribution is -0.137. The van der Waals surface area contributed by atoms with E-state index in [1.54, 1.807) is 11.1 Å². The van der Waals surface area contributed by atoms with E-state index in [1.807, 2.05) is 48.6 Å². The van der Waals surface area contributed by atoms with Crippen molar-refractivity contribution in [1.82, 2.24) is 20.3 Å². The number of ether oxygens (including phenoxy) is 1. The number of piperazine rings is 1. The van der Waals surface area contributed by atoms with Crippen LogP contribution in [-0.2, 0) is 14.4 Å². The number of hydrogen-bond donors (Lipinski definition) is 2. The summed E-state index contributed by atoms with van der Waals surface area (Å²) in [6.07, 6.45) is 9.71. The van der Waals surface area contributed by atoms with E-state index in [2.05, 4.69) is 46.4 Å². The molecule has 1 atom stereocenters. The quantitative estimate of drug-likeness (QED) is 0.0652. The number of esters is 1. The Labute approximate surface area is 286 Å². The number of rotatable bonds is 12. The van der Waals surface area contributed by atoms with Crippen LogP contribution in [0.15, 0.2) is 78.8 Å². The maximum atomic E-state index is 13.1. The van der Waals surface area contributed by atoms with Gasteiger partial charge in [-0.15, -0.1) is 0 Å². The molecule has 48 heavy (non-hydrogen) atoms. The maximum Gasteiger partial charge on any atom is 0.338 e. The molecule has 2 amide bonds. The molecule has 2 aromatic heterocycles. The summed E-state index contributed by atoms with van der Waals surface area (Å²) in [4.78, 5) is 56.9. The van der Waals surface area contributed by atoms with Gasteiger partial charge in [0.25, 0.3) is 11.8 Å². The lowest BCUT2D eigenvalue weighted by atomic mass is 10.1. The number of thiocarbonyl (C=S) groups is 1. The predicted molar refractivity (Wildman–Crippen MR) is 189 cm³/mol. The van der Waals surface area contributed by atoms with E-state index in [1.165, 1.54) is 24.6 Å². The highest BCUT2D eigenvalue weighted by Crippen LogP contribution is 2.25. The van der Waals surface area contributed by atoms with Crippen LogP contribution in [0.1, 0.15) is 72.0 Å². The lowest BCUT2D eigenvalue weighted by Crippen LogP contribution is -2.49. The molecule has 2 saturated heterocycles. The molecule has 1 aromatic carbocycles. The molecule has 0 bridgehead atoms. The second-order valence-electron chi connectivity index (χ2n) is 11.9. The molecule has 0 aliphatic carbocycles. The Morgan fingerprint density at radius 3 is 2.50 bits per heavy atom. The van der Waals surface area contributed by atoms with E-state index in [9.17, 15) is 14.4 Å². The van der Waals surface area contributed by atoms with E-state index in [4.69, 9.17) is 21.8 Å². The van der Waals surface area contributed by atoms with Gasteiger partial charge in [-0.1, -0.05) is 55.9 Å². The standard InChI is InChI=1S/C36H40N6O5S/c1-4-6-32(48)26-11-8-25(9-12-26)10-14-29-21-28(36(45)47-29)23-46-40-34(43)27-13-15-31(38-22-27)35(44)42-19-17-41(18-20-42)33-30(39-24(2)3)7-5-16-37-33/h5,7-16,22-24,29,39H,4,6,17-21H2,1-3H3,(H,40,43)/b14-10+,28-23+. The first-order chi connectivity index (χ1) is 23.2. The van der Waals surface area contributed by atoms with Gasteiger partial charge >= 0.3 is 5.97 Å². The number of benzene rings is 1. The third kappa shape index (κ3) is 8.82. The van der Waals surface area contributed by atoms with Crippen LogP contribution >= 0.6 is 12.2 Å². The summed E-state index contributed by atoms with van der Waals surface area (Å²) < 4.78 is 5.40. The summed E-state index contributed by atoms with van der Waals surface area (Å²) in [6.45, 7) is 8.56. The Morgan fingerprint density at radius 2 is 1.81 bits per heavy atom. The van der Waals surface area contributed by atoms with Crippen LogP contribution in [0, 0.1) is 0 Å². The largest absolute Gasteiger partial charge is 0.454 e. The first-order valence-electron chi connectivity index (χ1n) is 16.1. The zero-order chi connectivity index (χ0) is 34.0. The number of aromatic nitrogens is 2. The fourth-order valence-electron chi connectivity index (χ4n) is 5.35. The summed E-state index contributed by atoms with van der Waals surface area (Å²) >= 11 is 5.44. The molecular weight excluding hydrogens is 629 g/mol. The van der Waals surface area contributed by atoms with E-state index in [0.29, 0.717) is 38.2 Å². The van der Waals surface area contributed by atoms with Crippen LogP contribution in [-0.4, -0.2) is 75.8 Å². The predicted octanol–water partition coefficient (Wildman–Crippen LogP) is 5.35. The topological polar surface area (TPSA) is 126 Å². The highest BCUT2D eigenvalue weighted by atomic mass is 32.1. The number of hydrogen-bond acceptors (Lipinski definition) is 10. The summed E-state index contributed by atoms with van der Waals surface area (Å²) in [6, 6.07) is 15.1. The normalized spacial score (nSPS) is 17.1. The van der Waals surface area contributed by atoms with Gasteiger partial charge in [-0.25, -0.2) is 9.78 Å². The van der Waals surface area contributed by atoms with Crippen molar-refractivity contribution in [3.8, 4) is 0 Å². The molecule has 2 aliphatic rings. The average Bonchev–Trinajstić information content (AvgIpc) is 3.46. The molecule has 3 aromatic rings. The highest BCUT2D eigenvalue weighted by molar-refractivity contribution is 7.80. The lowest BCUT2D eigenvalue weighted by Gasteiger charge is -2.36. The minimum atomic E-state index is -0.571. The van der Waals surface area contributed by atoms with Crippen molar-refractivity contribution < 1.29 is 24.0 Å². The molecule has 0 saturated carbocycles. The number of nitrogens with zero attached hydrogens (tertiary/aromatic N) is 4. The van der Waals surface area contributed by atoms with Crippen LogP contribution in [0.3, 0.4) is 0 Å². The van der Waals surface area contributed by atoms with Crippen molar-refractivity contribution in [2.75, 3.05) is 36.4 Å². The van der Waals surface area contributed by atoms with Crippen LogP contribution in [0.25, 0.3) is 6.08 Å². The summed E-state index contributed by atoms with van der Waals surface area (Å²) in [5.41, 5.74) is 6.00. The van der Waals surface area contributed by atoms with E-state index in [-0.39, 0.29) is 23.2 Å². The Morgan fingerprint density at radius 1 is 1.06 bits per heavy atom. The molecule has 12 heteroatoms. The maximum absolute atomic E-state index is 13.1. The van der Waals surface area contributed by atoms with Crippen molar-refractivity contribution >= 4 is 52.4 Å². The van der Waals surface area contributed by atoms with Crippen LogP contribution in [0.5, 0.6) is 0 Å². The summed E-state index contributed by atoms with van der Waals surface area (Å²) in [5, 5.41) is 3.43. The molecule has 2 N–H and O–H groups in total. The van der Waals surface area contributed by atoms with Crippen molar-refractivity contribution in [1.29, 1.82) is 0 Å². The van der Waals surface area contributed by atoms with E-state index >= 15 is 0 Å². The number of hydroxylamine groups is 1. The van der Waals surface area contributed by atoms with Gasteiger partial charge in [-0.05, 0) is 61.7 Å². The molecule has 2 aliphatic heterocycles. The Balaban J connectivity index is 1.08. The Bertz CT molecular complexity index is 1680. The number of nitrogens with one attached hydrogen (secondary N) is 2. The molecule has 5 rings (SSSR count). The molecule has 1 unspecified atom stereocenters. The molecular formula is C36H40N6O5S. The Kier molecular flexibility index (Phi) is 11.5. The monoisotopic (exact) mass is 668 g/mol. The van der Waals surface area contributed by atoms with Gasteiger partial charge < -0.3 is 24.7 Å². The van der Waals surface area contributed by atoms with Gasteiger partial charge in [0.1, 0.15) is 18.1 Å². The second-order valence-corrected chi connectivity index (χ2v) is 12.4. The molecule has 11 nitrogen and oxygen atoms in total. The number of carbonyl (C=O) groups is 3. The number of cyclic esters (lactones) is 1. The third-order valence-electron chi connectivity index (χ3n) is 7.85. The minimum Gasteiger partial charge on any atom is -0.454 e. The van der Waals surface area contributed by atoms with Gasteiger partial charge in [0.05, 0.1) is 16.8 Å². The number of anilines is 2. The van der Waals surface area contributed by atoms with Gasteiger partial charge in [0.15, 0.2) is 5.82 Å². The molecule has 0 spiro atoms. The van der Waals surface area contributed by atoms with E-state index in [0.717, 1.165) is 40.3 Å². The smallest absolute Gasteiger partial charge is 0.338 e. The van der Waals surface area contributed by atoms with Crippen LogP contribution in [0.4, 0.5) is 11.5 Å². The van der Waals surface area contributed by atoms with Gasteiger partial charge in [0, 0.05) is 55.9 Å². The fraction of sp³-hybridized carbons (Fsp3) is 0.333. The first kappa shape index (κ1) is 34.2. The third-order valence-corrected chi connectivity index (χ3v) is 8.29. The Hall–Kier alpha value is -5.10. The second kappa shape index (κ2) is 16.1. The van der Waals surface area contributed by atoms with Crippen LogP contribution < -0.4 is 15.7 Å². The summed E-state index contributed by atoms with van der Waals surface area (Å²) in [5.74, 6) is -0.424. The van der Waals surface area contributed by atoms with Crippen molar-refractivity contribution in [2.45, 2.75) is 52.2 Å². The number of amides is 2. The number of pyridine rings is 2. The zero-order valence-corrected chi connectivity index (χ0v) is 28.2. The summed E-state index contributed by atoms with van der Waals surface area (Å²) in [7, 11) is 0. The van der Waals surface area contributed by atoms with Gasteiger partial charge in [-0.2, -0.15) is 5.48 Å². The molecule has 250 valence electrons. The average molecular weight is 669 g/mol. The number of carbonyl (C=O) groups excluding carboxylic acids is 3. The SMILES string of the molecule is CCCC(=S)c1ccc(/C=C/C2C/C(=C\ONC(=O)c3ccc(C(=O)N4CCN(c5ncccc5NC(C)C)CC4)nc3)C(=O)O2)cc1. The molecule has 4 heterocycles. The van der Waals surface area contributed by atoms with Gasteiger partial charge in [0.2, 0.25) is 0 Å². The van der Waals surface area contributed by atoms with Crippen molar-refractivity contribution in [3.63, 3.8) is 0 Å². The minimum absolute atomic E-state index is 0.200. The zero-order valence-electron chi connectivity index (χ0n) is 27.3. The van der Waals surface area contributed by atoms with E-state index < -0.39 is 18.0 Å².